The molecular weight excluding hydrogens is 560 g/mol. The number of aromatic nitrogens is 3. The summed E-state index contributed by atoms with van der Waals surface area (Å²) in [6, 6.07) is 0. The second-order valence-electron chi connectivity index (χ2n) is 7.30. The van der Waals surface area contributed by atoms with Crippen molar-refractivity contribution in [3.8, 4) is 12.3 Å². The van der Waals surface area contributed by atoms with Crippen molar-refractivity contribution in [2.75, 3.05) is 5.73 Å². The van der Waals surface area contributed by atoms with Crippen LogP contribution in [-0.2, 0) is 31.6 Å². The molecular formula is C14H18FN4O14P3. The van der Waals surface area contributed by atoms with Crippen molar-refractivity contribution in [1.82, 2.24) is 14.5 Å². The van der Waals surface area contributed by atoms with Gasteiger partial charge in [-0.3, -0.25) is 18.9 Å². The van der Waals surface area contributed by atoms with Gasteiger partial charge in [0, 0.05) is 6.20 Å². The lowest BCUT2D eigenvalue weighted by Crippen LogP contribution is -2.47. The van der Waals surface area contributed by atoms with Crippen LogP contribution in [0.15, 0.2) is 11.0 Å². The zero-order valence-corrected chi connectivity index (χ0v) is 20.3. The standard InChI is InChI=1S/C14H18FN4O14P3/c1-3-14(22)9(20)8(5(2)31-35(26,27)33-36(28,29)32-34(23,24)25)30-12(14)19-4-6(15)7-10(19)17-13(16)18-11(7)21/h1,4-5,8-9,12,20,22H,2H3,(H,26,27)(H,28,29)(H2,23,24,25)(H3,16,17,18,21)/t5-,8+,9-,12+,14?/m0/s1. The lowest BCUT2D eigenvalue weighted by atomic mass is 9.93. The summed E-state index contributed by atoms with van der Waals surface area (Å²) < 4.78 is 66.8. The van der Waals surface area contributed by atoms with E-state index in [9.17, 15) is 42.9 Å². The third-order valence-electron chi connectivity index (χ3n) is 4.74. The monoisotopic (exact) mass is 578 g/mol. The fraction of sp³-hybridized carbons (Fsp3) is 0.429. The highest BCUT2D eigenvalue weighted by atomic mass is 31.3. The number of terminal acetylenes is 1. The van der Waals surface area contributed by atoms with Crippen LogP contribution in [-0.4, -0.2) is 68.2 Å². The number of hydrogen-bond donors (Lipinski definition) is 8. The van der Waals surface area contributed by atoms with Crippen LogP contribution in [0.25, 0.3) is 11.0 Å². The molecule has 9 N–H and O–H groups in total. The Morgan fingerprint density at radius 1 is 1.31 bits per heavy atom. The average Bonchev–Trinajstić information content (AvgIpc) is 3.13. The third-order valence-corrected chi connectivity index (χ3v) is 8.67. The quantitative estimate of drug-likeness (QED) is 0.135. The van der Waals surface area contributed by atoms with E-state index in [1.54, 1.807) is 0 Å². The number of H-pyrrole nitrogens is 1. The van der Waals surface area contributed by atoms with Gasteiger partial charge in [-0.2, -0.15) is 13.6 Å². The smallest absolute Gasteiger partial charge is 0.386 e. The Bertz CT molecular complexity index is 1430. The van der Waals surface area contributed by atoms with Crippen molar-refractivity contribution in [3.63, 3.8) is 0 Å². The molecule has 0 bridgehead atoms. The van der Waals surface area contributed by atoms with Gasteiger partial charge >= 0.3 is 23.5 Å². The van der Waals surface area contributed by atoms with E-state index in [0.29, 0.717) is 6.20 Å². The van der Waals surface area contributed by atoms with Crippen LogP contribution in [0.4, 0.5) is 10.3 Å². The number of aromatic amines is 1. The molecule has 36 heavy (non-hydrogen) atoms. The van der Waals surface area contributed by atoms with Crippen LogP contribution in [0.3, 0.4) is 0 Å². The summed E-state index contributed by atoms with van der Waals surface area (Å²) in [6.07, 6.45) is -1.69. The average molecular weight is 578 g/mol. The van der Waals surface area contributed by atoms with Gasteiger partial charge in [-0.05, 0) is 6.92 Å². The SMILES string of the molecule is C#CC1(O)[C@@H](O)[C@@H]([C@H](C)OP(=O)(O)OP(=O)(O)OP(=O)(O)O)O[C@H]1n1cc(F)c2c(=O)[nH]c(N)nc21. The Morgan fingerprint density at radius 3 is 2.47 bits per heavy atom. The first-order valence-electron chi connectivity index (χ1n) is 9.22. The summed E-state index contributed by atoms with van der Waals surface area (Å²) in [5, 5.41) is 20.9. The predicted molar refractivity (Wildman–Crippen MR) is 113 cm³/mol. The molecule has 1 aliphatic heterocycles. The van der Waals surface area contributed by atoms with E-state index in [0.717, 1.165) is 11.5 Å². The number of aliphatic hydroxyl groups excluding tert-OH is 1. The van der Waals surface area contributed by atoms with Crippen LogP contribution in [0.1, 0.15) is 13.2 Å². The van der Waals surface area contributed by atoms with E-state index in [4.69, 9.17) is 26.7 Å². The van der Waals surface area contributed by atoms with Crippen LogP contribution in [0, 0.1) is 18.2 Å². The van der Waals surface area contributed by atoms with Crippen LogP contribution < -0.4 is 11.3 Å². The lowest BCUT2D eigenvalue weighted by Gasteiger charge is -2.27. The second-order valence-corrected chi connectivity index (χ2v) is 11.7. The third kappa shape index (κ3) is 5.62. The first-order chi connectivity index (χ1) is 16.3. The predicted octanol–water partition coefficient (Wildman–Crippen LogP) is -1.20. The van der Waals surface area contributed by atoms with Gasteiger partial charge in [-0.25, -0.2) is 18.1 Å². The molecule has 2 aromatic heterocycles. The number of nitrogens with one attached hydrogen (secondary N) is 1. The minimum absolute atomic E-state index is 0.452. The van der Waals surface area contributed by atoms with Crippen LogP contribution in [0.2, 0.25) is 0 Å². The summed E-state index contributed by atoms with van der Waals surface area (Å²) in [6.45, 7) is 0.945. The highest BCUT2D eigenvalue weighted by molar-refractivity contribution is 7.66. The molecule has 200 valence electrons. The maximum atomic E-state index is 14.5. The molecule has 1 aliphatic rings. The van der Waals surface area contributed by atoms with Gasteiger partial charge in [0.15, 0.2) is 23.3 Å². The van der Waals surface area contributed by atoms with E-state index in [1.807, 2.05) is 5.92 Å². The molecule has 0 saturated carbocycles. The number of nitrogens with zero attached hydrogens (tertiary/aromatic N) is 2. The van der Waals surface area contributed by atoms with Crippen molar-refractivity contribution >= 4 is 40.4 Å². The minimum Gasteiger partial charge on any atom is -0.386 e. The first-order valence-corrected chi connectivity index (χ1v) is 13.7. The minimum atomic E-state index is -5.85. The Morgan fingerprint density at radius 2 is 1.92 bits per heavy atom. The molecule has 18 nitrogen and oxygen atoms in total. The zero-order valence-electron chi connectivity index (χ0n) is 17.6. The summed E-state index contributed by atoms with van der Waals surface area (Å²) in [5.74, 6) is 0.247. The number of fused-ring (bicyclic) bond motifs is 1. The number of rotatable bonds is 8. The van der Waals surface area contributed by atoms with E-state index < -0.39 is 82.0 Å². The summed E-state index contributed by atoms with van der Waals surface area (Å²) >= 11 is 0. The van der Waals surface area contributed by atoms with E-state index >= 15 is 0 Å². The fourth-order valence-corrected chi connectivity index (χ4v) is 6.60. The van der Waals surface area contributed by atoms with E-state index in [1.165, 1.54) is 0 Å². The van der Waals surface area contributed by atoms with Gasteiger partial charge in [-0.1, -0.05) is 5.92 Å². The second kappa shape index (κ2) is 9.39. The number of hydrogen-bond acceptors (Lipinski definition) is 12. The number of anilines is 1. The molecule has 0 aliphatic carbocycles. The number of nitrogen functional groups attached to an aromatic ring is 1. The summed E-state index contributed by atoms with van der Waals surface area (Å²) in [5.41, 5.74) is 1.32. The molecule has 3 unspecified atom stereocenters. The maximum absolute atomic E-state index is 14.5. The summed E-state index contributed by atoms with van der Waals surface area (Å²) in [4.78, 5) is 54.0. The number of halogens is 1. The normalized spacial score (nSPS) is 28.9. The molecule has 22 heteroatoms. The molecule has 0 amide bonds. The molecule has 1 saturated heterocycles. The molecule has 7 atom stereocenters. The van der Waals surface area contributed by atoms with Crippen LogP contribution >= 0.6 is 23.5 Å². The molecule has 0 spiro atoms. The topological polar surface area (TPSA) is 286 Å². The van der Waals surface area contributed by atoms with Gasteiger partial charge in [0.1, 0.15) is 17.6 Å². The summed E-state index contributed by atoms with van der Waals surface area (Å²) in [7, 11) is -17.2. The van der Waals surface area contributed by atoms with Crippen molar-refractivity contribution in [2.45, 2.75) is 37.1 Å². The van der Waals surface area contributed by atoms with Gasteiger partial charge in [0.05, 0.1) is 6.10 Å². The molecule has 0 aromatic carbocycles. The number of phosphoric ester groups is 1. The highest BCUT2D eigenvalue weighted by Gasteiger charge is 2.58. The van der Waals surface area contributed by atoms with Crippen molar-refractivity contribution < 1.29 is 65.8 Å². The number of ether oxygens (including phenoxy) is 1. The zero-order chi connectivity index (χ0) is 27.4. The molecule has 0 radical (unpaired) electrons. The Hall–Kier alpha value is -2.00. The Balaban J connectivity index is 1.93. The molecule has 3 rings (SSSR count). The Kier molecular flexibility index (Phi) is 7.45. The first kappa shape index (κ1) is 28.6. The number of aliphatic hydroxyl groups is 2. The molecule has 2 aromatic rings. The van der Waals surface area contributed by atoms with Crippen molar-refractivity contribution in [2.24, 2.45) is 0 Å². The fourth-order valence-electron chi connectivity index (χ4n) is 3.40. The van der Waals surface area contributed by atoms with E-state index in [-0.39, 0.29) is 0 Å². The van der Waals surface area contributed by atoms with Gasteiger partial charge in [0.25, 0.3) is 5.56 Å². The van der Waals surface area contributed by atoms with Gasteiger partial charge in [0.2, 0.25) is 5.95 Å². The van der Waals surface area contributed by atoms with Crippen molar-refractivity contribution in [1.29, 1.82) is 0 Å². The largest absolute Gasteiger partial charge is 0.490 e. The molecule has 1 fully saturated rings. The van der Waals surface area contributed by atoms with Gasteiger partial charge in [-0.15, -0.1) is 6.42 Å². The maximum Gasteiger partial charge on any atom is 0.490 e. The molecule has 3 heterocycles. The van der Waals surface area contributed by atoms with E-state index in [2.05, 4.69) is 23.1 Å². The highest BCUT2D eigenvalue weighted by Crippen LogP contribution is 2.66. The lowest BCUT2D eigenvalue weighted by molar-refractivity contribution is -0.0830. The van der Waals surface area contributed by atoms with Crippen molar-refractivity contribution in [3.05, 3.63) is 22.4 Å². The number of nitrogens with two attached hydrogens (primary N) is 1. The van der Waals surface area contributed by atoms with Gasteiger partial charge < -0.3 is 40.3 Å². The van der Waals surface area contributed by atoms with Crippen LogP contribution in [0.5, 0.6) is 0 Å². The Labute approximate surface area is 198 Å². The number of phosphoric acid groups is 3.